The molecule has 0 aromatic heterocycles. The zero-order valence-corrected chi connectivity index (χ0v) is 8.31. The summed E-state index contributed by atoms with van der Waals surface area (Å²) in [5, 5.41) is 1.74. The number of anilines is 1. The van der Waals surface area contributed by atoms with E-state index in [-0.39, 0.29) is 5.69 Å². The highest BCUT2D eigenvalue weighted by atomic mass is 19.3. The molecule has 0 bridgehead atoms. The first kappa shape index (κ1) is 12.5. The first-order valence-corrected chi connectivity index (χ1v) is 4.38. The van der Waals surface area contributed by atoms with E-state index in [0.717, 1.165) is 5.56 Å². The summed E-state index contributed by atoms with van der Waals surface area (Å²) in [6.45, 7) is 1.68. The highest BCUT2D eigenvalue weighted by Crippen LogP contribution is 2.24. The second-order valence-electron chi connectivity index (χ2n) is 3.25. The first-order chi connectivity index (χ1) is 7.34. The molecule has 1 amide bonds. The lowest BCUT2D eigenvalue weighted by molar-refractivity contribution is -0.163. The molecule has 0 fully saturated rings. The maximum atomic E-state index is 12.6. The van der Waals surface area contributed by atoms with E-state index >= 15 is 0 Å². The summed E-state index contributed by atoms with van der Waals surface area (Å²) < 4.78 is 48.8. The third-order valence-electron chi connectivity index (χ3n) is 1.85. The van der Waals surface area contributed by atoms with Crippen molar-refractivity contribution >= 4 is 11.6 Å². The second-order valence-corrected chi connectivity index (χ2v) is 3.25. The molecule has 1 rings (SSSR count). The molecular formula is C10H9F4NO. The van der Waals surface area contributed by atoms with Gasteiger partial charge < -0.3 is 5.32 Å². The van der Waals surface area contributed by atoms with Gasteiger partial charge in [-0.1, -0.05) is 12.1 Å². The predicted molar refractivity (Wildman–Crippen MR) is 50.8 cm³/mol. The van der Waals surface area contributed by atoms with E-state index in [1.54, 1.807) is 18.3 Å². The van der Waals surface area contributed by atoms with Gasteiger partial charge in [0.15, 0.2) is 0 Å². The molecule has 6 heteroatoms. The van der Waals surface area contributed by atoms with Crippen molar-refractivity contribution in [1.29, 1.82) is 0 Å². The number of rotatable bonds is 3. The van der Waals surface area contributed by atoms with Crippen molar-refractivity contribution in [2.75, 3.05) is 5.32 Å². The fourth-order valence-electron chi connectivity index (χ4n) is 1.04. The van der Waals surface area contributed by atoms with E-state index in [0.29, 0.717) is 0 Å². The largest absolute Gasteiger partial charge is 0.383 e. The number of carbonyl (C=O) groups is 1. The van der Waals surface area contributed by atoms with E-state index in [2.05, 4.69) is 0 Å². The molecule has 2 nitrogen and oxygen atoms in total. The maximum Gasteiger partial charge on any atom is 0.383 e. The van der Waals surface area contributed by atoms with Crippen LogP contribution in [0.2, 0.25) is 0 Å². The molecule has 0 spiro atoms. The average Bonchev–Trinajstić information content (AvgIpc) is 2.17. The topological polar surface area (TPSA) is 29.1 Å². The number of aryl methyl sites for hydroxylation is 1. The molecule has 0 heterocycles. The zero-order chi connectivity index (χ0) is 12.3. The van der Waals surface area contributed by atoms with Crippen LogP contribution in [0.3, 0.4) is 0 Å². The Labute approximate surface area is 89.3 Å². The minimum atomic E-state index is -4.68. The molecule has 0 saturated heterocycles. The average molecular weight is 235 g/mol. The van der Waals surface area contributed by atoms with Gasteiger partial charge in [-0.05, 0) is 24.6 Å². The molecule has 16 heavy (non-hydrogen) atoms. The zero-order valence-electron chi connectivity index (χ0n) is 8.31. The van der Waals surface area contributed by atoms with Crippen LogP contribution in [-0.4, -0.2) is 18.3 Å². The van der Waals surface area contributed by atoms with E-state index in [4.69, 9.17) is 0 Å². The summed E-state index contributed by atoms with van der Waals surface area (Å²) in [6.07, 6.45) is -4.02. The van der Waals surface area contributed by atoms with Crippen LogP contribution in [0.15, 0.2) is 24.3 Å². The number of amides is 1. The molecule has 1 N–H and O–H groups in total. The third kappa shape index (κ3) is 2.71. The molecule has 0 aliphatic rings. The van der Waals surface area contributed by atoms with Gasteiger partial charge in [-0.15, -0.1) is 0 Å². The Morgan fingerprint density at radius 2 is 2.00 bits per heavy atom. The van der Waals surface area contributed by atoms with Crippen LogP contribution in [-0.2, 0) is 4.79 Å². The van der Waals surface area contributed by atoms with E-state index in [1.165, 1.54) is 18.2 Å². The number of halogens is 4. The Morgan fingerprint density at radius 3 is 2.50 bits per heavy atom. The van der Waals surface area contributed by atoms with Crippen molar-refractivity contribution in [3.05, 3.63) is 29.8 Å². The minimum Gasteiger partial charge on any atom is -0.321 e. The van der Waals surface area contributed by atoms with Gasteiger partial charge in [0.25, 0.3) is 0 Å². The quantitative estimate of drug-likeness (QED) is 0.802. The van der Waals surface area contributed by atoms with Gasteiger partial charge in [-0.25, -0.2) is 8.78 Å². The van der Waals surface area contributed by atoms with Gasteiger partial charge in [0.05, 0.1) is 0 Å². The number of benzene rings is 1. The summed E-state index contributed by atoms with van der Waals surface area (Å²) in [5.74, 6) is -6.68. The third-order valence-corrected chi connectivity index (χ3v) is 1.85. The van der Waals surface area contributed by atoms with Crippen molar-refractivity contribution in [3.63, 3.8) is 0 Å². The minimum absolute atomic E-state index is 0.0605. The van der Waals surface area contributed by atoms with Crippen LogP contribution < -0.4 is 5.32 Å². The Morgan fingerprint density at radius 1 is 1.38 bits per heavy atom. The van der Waals surface area contributed by atoms with Crippen molar-refractivity contribution in [2.24, 2.45) is 0 Å². The number of hydrogen-bond donors (Lipinski definition) is 1. The van der Waals surface area contributed by atoms with Gasteiger partial charge in [-0.2, -0.15) is 8.78 Å². The van der Waals surface area contributed by atoms with Crippen LogP contribution in [0.25, 0.3) is 0 Å². The Kier molecular flexibility index (Phi) is 3.51. The lowest BCUT2D eigenvalue weighted by Gasteiger charge is -2.14. The number of carbonyl (C=O) groups excluding carboxylic acids is 1. The van der Waals surface area contributed by atoms with Gasteiger partial charge in [0.1, 0.15) is 0 Å². The van der Waals surface area contributed by atoms with Gasteiger partial charge >= 0.3 is 18.3 Å². The summed E-state index contributed by atoms with van der Waals surface area (Å²) in [4.78, 5) is 10.8. The Bertz CT molecular complexity index is 392. The highest BCUT2D eigenvalue weighted by Gasteiger charge is 2.48. The van der Waals surface area contributed by atoms with Gasteiger partial charge in [0, 0.05) is 5.69 Å². The van der Waals surface area contributed by atoms with Crippen molar-refractivity contribution in [2.45, 2.75) is 19.3 Å². The first-order valence-electron chi connectivity index (χ1n) is 4.38. The van der Waals surface area contributed by atoms with Crippen LogP contribution in [0.4, 0.5) is 23.2 Å². The fraction of sp³-hybridized carbons (Fsp3) is 0.300. The molecular weight excluding hydrogens is 226 g/mol. The van der Waals surface area contributed by atoms with E-state index in [9.17, 15) is 22.4 Å². The SMILES string of the molecule is Cc1cccc(NC(=O)C(F)(F)C(F)F)c1. The molecule has 1 aromatic rings. The van der Waals surface area contributed by atoms with Crippen molar-refractivity contribution in [1.82, 2.24) is 0 Å². The van der Waals surface area contributed by atoms with Crippen LogP contribution in [0, 0.1) is 6.92 Å². The second kappa shape index (κ2) is 4.51. The van der Waals surface area contributed by atoms with Gasteiger partial charge in [-0.3, -0.25) is 4.79 Å². The molecule has 0 aliphatic heterocycles. The molecule has 0 aliphatic carbocycles. The van der Waals surface area contributed by atoms with E-state index in [1.807, 2.05) is 0 Å². The van der Waals surface area contributed by atoms with Crippen molar-refractivity contribution in [3.8, 4) is 0 Å². The summed E-state index contributed by atoms with van der Waals surface area (Å²) in [6, 6.07) is 5.94. The molecule has 0 atom stereocenters. The Balaban J connectivity index is 2.79. The van der Waals surface area contributed by atoms with Crippen LogP contribution >= 0.6 is 0 Å². The van der Waals surface area contributed by atoms with Crippen molar-refractivity contribution < 1.29 is 22.4 Å². The summed E-state index contributed by atoms with van der Waals surface area (Å²) in [5.41, 5.74) is 0.781. The number of nitrogens with one attached hydrogen (secondary N) is 1. The van der Waals surface area contributed by atoms with Gasteiger partial charge in [0.2, 0.25) is 0 Å². The molecule has 0 unspecified atom stereocenters. The number of alkyl halides is 4. The highest BCUT2D eigenvalue weighted by molar-refractivity contribution is 5.96. The summed E-state index contributed by atoms with van der Waals surface area (Å²) >= 11 is 0. The maximum absolute atomic E-state index is 12.6. The molecule has 0 saturated carbocycles. The normalized spacial score (nSPS) is 11.6. The molecule has 1 aromatic carbocycles. The molecule has 0 radical (unpaired) electrons. The summed E-state index contributed by atoms with van der Waals surface area (Å²) in [7, 11) is 0. The van der Waals surface area contributed by atoms with Crippen LogP contribution in [0.5, 0.6) is 0 Å². The lowest BCUT2D eigenvalue weighted by Crippen LogP contribution is -2.40. The number of hydrogen-bond acceptors (Lipinski definition) is 1. The fourth-order valence-corrected chi connectivity index (χ4v) is 1.04. The standard InChI is InChI=1S/C10H9F4NO/c1-6-3-2-4-7(5-6)15-9(16)10(13,14)8(11)12/h2-5,8H,1H3,(H,15,16). The lowest BCUT2D eigenvalue weighted by atomic mass is 10.2. The molecule has 88 valence electrons. The Hall–Kier alpha value is -1.59. The monoisotopic (exact) mass is 235 g/mol. The van der Waals surface area contributed by atoms with Crippen LogP contribution in [0.1, 0.15) is 5.56 Å². The van der Waals surface area contributed by atoms with E-state index < -0.39 is 18.3 Å². The predicted octanol–water partition coefficient (Wildman–Crippen LogP) is 2.83. The smallest absolute Gasteiger partial charge is 0.321 e.